The number of aromatic hydroxyl groups is 1. The molecule has 3 N–H and O–H groups in total. The van der Waals surface area contributed by atoms with Crippen LogP contribution in [0.25, 0.3) is 0 Å². The van der Waals surface area contributed by atoms with Crippen molar-refractivity contribution < 1.29 is 5.11 Å². The van der Waals surface area contributed by atoms with Crippen LogP contribution in [0, 0.1) is 6.92 Å². The summed E-state index contributed by atoms with van der Waals surface area (Å²) < 4.78 is 0. The molecular formula is C15H23NO. The molecule has 0 bridgehead atoms. The summed E-state index contributed by atoms with van der Waals surface area (Å²) >= 11 is 0. The van der Waals surface area contributed by atoms with Gasteiger partial charge >= 0.3 is 0 Å². The molecule has 0 amide bonds. The molecular weight excluding hydrogens is 210 g/mol. The predicted octanol–water partition coefficient (Wildman–Crippen LogP) is 3.25. The molecule has 1 aliphatic carbocycles. The molecule has 2 rings (SSSR count). The molecule has 1 aliphatic rings. The first-order valence-electron chi connectivity index (χ1n) is 6.53. The minimum absolute atomic E-state index is 0.0622. The Balaban J connectivity index is 2.22. The van der Waals surface area contributed by atoms with Gasteiger partial charge in [-0.2, -0.15) is 0 Å². The number of benzene rings is 1. The first-order valence-corrected chi connectivity index (χ1v) is 6.53. The zero-order valence-corrected chi connectivity index (χ0v) is 11.1. The quantitative estimate of drug-likeness (QED) is 0.838. The molecule has 2 heteroatoms. The lowest BCUT2D eigenvalue weighted by Crippen LogP contribution is -2.22. The smallest absolute Gasteiger partial charge is 0.122 e. The second-order valence-corrected chi connectivity index (χ2v) is 5.82. The normalized spacial score (nSPS) is 17.5. The molecule has 1 aromatic carbocycles. The Morgan fingerprint density at radius 1 is 1.35 bits per heavy atom. The van der Waals surface area contributed by atoms with Crippen LogP contribution in [-0.4, -0.2) is 10.6 Å². The van der Waals surface area contributed by atoms with Gasteiger partial charge in [0, 0.05) is 5.54 Å². The first kappa shape index (κ1) is 12.4. The Hall–Kier alpha value is -1.02. The summed E-state index contributed by atoms with van der Waals surface area (Å²) in [6.45, 7) is 6.29. The van der Waals surface area contributed by atoms with Crippen LogP contribution < -0.4 is 5.73 Å². The van der Waals surface area contributed by atoms with E-state index in [1.165, 1.54) is 5.56 Å². The number of phenols is 1. The number of phenolic OH excluding ortho intramolecular Hbond substituents is 1. The largest absolute Gasteiger partial charge is 0.507 e. The van der Waals surface area contributed by atoms with Gasteiger partial charge in [0.1, 0.15) is 5.75 Å². The lowest BCUT2D eigenvalue weighted by Gasteiger charge is -2.16. The van der Waals surface area contributed by atoms with Crippen molar-refractivity contribution in [2.45, 2.75) is 57.9 Å². The molecule has 17 heavy (non-hydrogen) atoms. The summed E-state index contributed by atoms with van der Waals surface area (Å²) in [6.07, 6.45) is 4.16. The van der Waals surface area contributed by atoms with Gasteiger partial charge in [-0.25, -0.2) is 0 Å². The zero-order chi connectivity index (χ0) is 12.6. The van der Waals surface area contributed by atoms with E-state index in [0.29, 0.717) is 11.7 Å². The van der Waals surface area contributed by atoms with E-state index in [1.54, 1.807) is 0 Å². The fourth-order valence-electron chi connectivity index (χ4n) is 2.32. The third-order valence-corrected chi connectivity index (χ3v) is 3.94. The van der Waals surface area contributed by atoms with Crippen LogP contribution in [0.3, 0.4) is 0 Å². The fourth-order valence-corrected chi connectivity index (χ4v) is 2.32. The van der Waals surface area contributed by atoms with E-state index < -0.39 is 0 Å². The van der Waals surface area contributed by atoms with Crippen molar-refractivity contribution in [3.8, 4) is 5.75 Å². The van der Waals surface area contributed by atoms with Gasteiger partial charge in [-0.05, 0) is 55.2 Å². The maximum absolute atomic E-state index is 10.3. The Morgan fingerprint density at radius 2 is 2.00 bits per heavy atom. The molecule has 0 heterocycles. The summed E-state index contributed by atoms with van der Waals surface area (Å²) in [7, 11) is 0. The molecule has 1 fully saturated rings. The molecule has 0 aromatic heterocycles. The molecule has 0 unspecified atom stereocenters. The van der Waals surface area contributed by atoms with Crippen molar-refractivity contribution in [1.29, 1.82) is 0 Å². The number of hydrogen-bond donors (Lipinski definition) is 2. The van der Waals surface area contributed by atoms with Crippen molar-refractivity contribution in [3.05, 3.63) is 28.8 Å². The average molecular weight is 233 g/mol. The maximum atomic E-state index is 10.3. The highest BCUT2D eigenvalue weighted by atomic mass is 16.3. The first-order chi connectivity index (χ1) is 7.93. The van der Waals surface area contributed by atoms with Crippen LogP contribution in [0.15, 0.2) is 12.1 Å². The van der Waals surface area contributed by atoms with E-state index in [4.69, 9.17) is 5.73 Å². The Kier molecular flexibility index (Phi) is 3.17. The summed E-state index contributed by atoms with van der Waals surface area (Å²) in [5, 5.41) is 10.3. The summed E-state index contributed by atoms with van der Waals surface area (Å²) in [5.74, 6) is 0.853. The van der Waals surface area contributed by atoms with E-state index in [-0.39, 0.29) is 5.54 Å². The van der Waals surface area contributed by atoms with Crippen LogP contribution in [0.1, 0.15) is 55.7 Å². The van der Waals surface area contributed by atoms with Crippen LogP contribution in [0.2, 0.25) is 0 Å². The monoisotopic (exact) mass is 233 g/mol. The molecule has 1 saturated carbocycles. The van der Waals surface area contributed by atoms with Gasteiger partial charge in [-0.15, -0.1) is 0 Å². The summed E-state index contributed by atoms with van der Waals surface area (Å²) in [4.78, 5) is 0. The molecule has 0 spiro atoms. The van der Waals surface area contributed by atoms with Crippen molar-refractivity contribution in [2.75, 3.05) is 0 Å². The number of aryl methyl sites for hydroxylation is 1. The third-order valence-electron chi connectivity index (χ3n) is 3.94. The lowest BCUT2D eigenvalue weighted by atomic mass is 9.92. The number of rotatable bonds is 4. The second-order valence-electron chi connectivity index (χ2n) is 5.82. The molecule has 1 aromatic rings. The van der Waals surface area contributed by atoms with Gasteiger partial charge in [0.05, 0.1) is 0 Å². The Labute approximate surface area is 104 Å². The van der Waals surface area contributed by atoms with Crippen molar-refractivity contribution in [1.82, 2.24) is 0 Å². The molecule has 0 radical (unpaired) electrons. The second kappa shape index (κ2) is 4.34. The minimum Gasteiger partial charge on any atom is -0.507 e. The van der Waals surface area contributed by atoms with E-state index in [1.807, 2.05) is 6.07 Å². The van der Waals surface area contributed by atoms with Crippen molar-refractivity contribution in [3.63, 3.8) is 0 Å². The van der Waals surface area contributed by atoms with Gasteiger partial charge in [-0.3, -0.25) is 0 Å². The van der Waals surface area contributed by atoms with Crippen LogP contribution in [-0.2, 0) is 6.42 Å². The zero-order valence-electron chi connectivity index (χ0n) is 11.1. The Bertz CT molecular complexity index is 419. The van der Waals surface area contributed by atoms with Gasteiger partial charge in [0.2, 0.25) is 0 Å². The highest BCUT2D eigenvalue weighted by molar-refractivity contribution is 5.46. The SMILES string of the molecule is Cc1ccc(C(C)C)c(O)c1CCC1(N)CC1. The maximum Gasteiger partial charge on any atom is 0.122 e. The fraction of sp³-hybridized carbons (Fsp3) is 0.600. The van der Waals surface area contributed by atoms with Gasteiger partial charge < -0.3 is 10.8 Å². The van der Waals surface area contributed by atoms with E-state index in [9.17, 15) is 5.11 Å². The topological polar surface area (TPSA) is 46.2 Å². The minimum atomic E-state index is 0.0622. The highest BCUT2D eigenvalue weighted by Gasteiger charge is 2.37. The van der Waals surface area contributed by atoms with E-state index in [0.717, 1.165) is 36.8 Å². The number of hydrogen-bond acceptors (Lipinski definition) is 2. The summed E-state index contributed by atoms with van der Waals surface area (Å²) in [5.41, 5.74) is 9.49. The number of nitrogens with two attached hydrogens (primary N) is 1. The van der Waals surface area contributed by atoms with Crippen molar-refractivity contribution in [2.24, 2.45) is 5.73 Å². The third kappa shape index (κ3) is 2.63. The molecule has 94 valence electrons. The standard InChI is InChI=1S/C15H23NO/c1-10(2)12-5-4-11(3)13(14(12)17)6-7-15(16)8-9-15/h4-5,10,17H,6-9,16H2,1-3H3. The molecule has 0 aliphatic heterocycles. The predicted molar refractivity (Wildman–Crippen MR) is 71.4 cm³/mol. The van der Waals surface area contributed by atoms with E-state index in [2.05, 4.69) is 26.8 Å². The Morgan fingerprint density at radius 3 is 2.53 bits per heavy atom. The van der Waals surface area contributed by atoms with Crippen LogP contribution in [0.5, 0.6) is 5.75 Å². The summed E-state index contributed by atoms with van der Waals surface area (Å²) in [6, 6.07) is 4.15. The van der Waals surface area contributed by atoms with Crippen LogP contribution >= 0.6 is 0 Å². The van der Waals surface area contributed by atoms with E-state index >= 15 is 0 Å². The highest BCUT2D eigenvalue weighted by Crippen LogP contribution is 2.39. The van der Waals surface area contributed by atoms with Crippen molar-refractivity contribution >= 4 is 0 Å². The van der Waals surface area contributed by atoms with Gasteiger partial charge in [0.25, 0.3) is 0 Å². The van der Waals surface area contributed by atoms with Crippen LogP contribution in [0.4, 0.5) is 0 Å². The molecule has 2 nitrogen and oxygen atoms in total. The van der Waals surface area contributed by atoms with Gasteiger partial charge in [-0.1, -0.05) is 26.0 Å². The van der Waals surface area contributed by atoms with Gasteiger partial charge in [0.15, 0.2) is 0 Å². The lowest BCUT2D eigenvalue weighted by molar-refractivity contribution is 0.453. The molecule has 0 saturated heterocycles. The average Bonchev–Trinajstić information content (AvgIpc) is 2.96. The molecule has 0 atom stereocenters.